The van der Waals surface area contributed by atoms with Crippen LogP contribution in [-0.4, -0.2) is 11.8 Å². The van der Waals surface area contributed by atoms with Crippen LogP contribution in [0, 0.1) is 11.3 Å². The summed E-state index contributed by atoms with van der Waals surface area (Å²) in [6, 6.07) is 3.48. The average Bonchev–Trinajstić information content (AvgIpc) is 2.61. The molecule has 0 aliphatic rings. The van der Waals surface area contributed by atoms with E-state index in [0.717, 1.165) is 4.88 Å². The van der Waals surface area contributed by atoms with E-state index < -0.39 is 11.8 Å². The van der Waals surface area contributed by atoms with Crippen molar-refractivity contribution in [2.24, 2.45) is 5.73 Å². The number of primary amides is 1. The minimum Gasteiger partial charge on any atom is -0.365 e. The average molecular weight is 265 g/mol. The number of carbonyl (C=O) groups is 2. The molecule has 0 aliphatic heterocycles. The normalized spacial score (nSPS) is 10.8. The van der Waals surface area contributed by atoms with Gasteiger partial charge in [-0.25, -0.2) is 0 Å². The maximum Gasteiger partial charge on any atom is 0.260 e. The summed E-state index contributed by atoms with van der Waals surface area (Å²) in [5.41, 5.74) is 5.53. The van der Waals surface area contributed by atoms with Gasteiger partial charge < -0.3 is 11.1 Å². The Hall–Kier alpha value is -1.87. The second-order valence-electron chi connectivity index (χ2n) is 4.85. The Bertz CT molecular complexity index is 520. The highest BCUT2D eigenvalue weighted by Gasteiger charge is 2.22. The molecule has 0 saturated heterocycles. The van der Waals surface area contributed by atoms with E-state index in [1.54, 1.807) is 12.1 Å². The number of nitrogens with one attached hydrogen (secondary N) is 1. The smallest absolute Gasteiger partial charge is 0.260 e. The number of anilines is 1. The van der Waals surface area contributed by atoms with Gasteiger partial charge >= 0.3 is 0 Å². The molecule has 0 fully saturated rings. The Morgan fingerprint density at radius 2 is 2.11 bits per heavy atom. The van der Waals surface area contributed by atoms with Gasteiger partial charge in [-0.05, 0) is 11.5 Å². The quantitative estimate of drug-likeness (QED) is 0.874. The first-order chi connectivity index (χ1) is 8.25. The number of nitrogens with two attached hydrogens (primary N) is 1. The van der Waals surface area contributed by atoms with Crippen LogP contribution in [0.5, 0.6) is 0 Å². The highest BCUT2D eigenvalue weighted by Crippen LogP contribution is 2.35. The van der Waals surface area contributed by atoms with Crippen molar-refractivity contribution in [3.05, 3.63) is 15.8 Å². The maximum atomic E-state index is 11.4. The van der Waals surface area contributed by atoms with Crippen molar-refractivity contribution in [3.8, 4) is 6.07 Å². The topological polar surface area (TPSA) is 96.0 Å². The van der Waals surface area contributed by atoms with Crippen LogP contribution in [0.3, 0.4) is 0 Å². The van der Waals surface area contributed by atoms with Crippen molar-refractivity contribution in [2.45, 2.75) is 32.6 Å². The molecule has 0 bridgehead atoms. The SMILES string of the molecule is CC(C)(C)c1cc(NC(=O)CC#N)c(C(N)=O)s1. The van der Waals surface area contributed by atoms with Crippen molar-refractivity contribution in [1.29, 1.82) is 5.26 Å². The largest absolute Gasteiger partial charge is 0.365 e. The first-order valence-corrected chi connectivity index (χ1v) is 6.18. The lowest BCUT2D eigenvalue weighted by Crippen LogP contribution is -2.15. The van der Waals surface area contributed by atoms with Crippen LogP contribution in [-0.2, 0) is 10.2 Å². The monoisotopic (exact) mass is 265 g/mol. The molecule has 1 heterocycles. The number of amides is 2. The maximum absolute atomic E-state index is 11.4. The molecule has 5 nitrogen and oxygen atoms in total. The Labute approximate surface area is 110 Å². The summed E-state index contributed by atoms with van der Waals surface area (Å²) in [7, 11) is 0. The second kappa shape index (κ2) is 5.19. The van der Waals surface area contributed by atoms with E-state index in [2.05, 4.69) is 5.32 Å². The highest BCUT2D eigenvalue weighted by atomic mass is 32.1. The minimum absolute atomic E-state index is 0.132. The Morgan fingerprint density at radius 1 is 1.50 bits per heavy atom. The summed E-state index contributed by atoms with van der Waals surface area (Å²) in [5, 5.41) is 11.0. The predicted molar refractivity (Wildman–Crippen MR) is 70.4 cm³/mol. The van der Waals surface area contributed by atoms with Crippen molar-refractivity contribution < 1.29 is 9.59 Å². The first kappa shape index (κ1) is 14.2. The van der Waals surface area contributed by atoms with Crippen LogP contribution in [0.4, 0.5) is 5.69 Å². The fraction of sp³-hybridized carbons (Fsp3) is 0.417. The van der Waals surface area contributed by atoms with Crippen molar-refractivity contribution in [3.63, 3.8) is 0 Å². The summed E-state index contributed by atoms with van der Waals surface area (Å²) in [4.78, 5) is 23.9. The van der Waals surface area contributed by atoms with Gasteiger partial charge in [-0.15, -0.1) is 11.3 Å². The molecule has 1 rings (SSSR count). The summed E-state index contributed by atoms with van der Waals surface area (Å²) in [6.07, 6.45) is -0.251. The van der Waals surface area contributed by atoms with E-state index in [-0.39, 0.29) is 11.8 Å². The van der Waals surface area contributed by atoms with Gasteiger partial charge in [0.25, 0.3) is 5.91 Å². The summed E-state index contributed by atoms with van der Waals surface area (Å²) in [6.45, 7) is 6.01. The number of nitriles is 1. The fourth-order valence-corrected chi connectivity index (χ4v) is 2.33. The van der Waals surface area contributed by atoms with Gasteiger partial charge in [0.15, 0.2) is 0 Å². The lowest BCUT2D eigenvalue weighted by atomic mass is 9.94. The lowest BCUT2D eigenvalue weighted by molar-refractivity contribution is -0.115. The lowest BCUT2D eigenvalue weighted by Gasteiger charge is -2.15. The van der Waals surface area contributed by atoms with Gasteiger partial charge in [0.05, 0.1) is 11.8 Å². The zero-order chi connectivity index (χ0) is 13.9. The molecule has 6 heteroatoms. The molecule has 18 heavy (non-hydrogen) atoms. The van der Waals surface area contributed by atoms with E-state index in [4.69, 9.17) is 11.0 Å². The highest BCUT2D eigenvalue weighted by molar-refractivity contribution is 7.14. The molecule has 96 valence electrons. The van der Waals surface area contributed by atoms with E-state index in [1.165, 1.54) is 11.3 Å². The molecule has 0 spiro atoms. The number of thiophene rings is 1. The zero-order valence-corrected chi connectivity index (χ0v) is 11.4. The van der Waals surface area contributed by atoms with Crippen LogP contribution in [0.2, 0.25) is 0 Å². The molecule has 0 radical (unpaired) electrons. The number of rotatable bonds is 3. The minimum atomic E-state index is -0.581. The molecule has 2 amide bonds. The van der Waals surface area contributed by atoms with Crippen LogP contribution in [0.15, 0.2) is 6.07 Å². The molecular formula is C12H15N3O2S. The zero-order valence-electron chi connectivity index (χ0n) is 10.5. The van der Waals surface area contributed by atoms with Crippen molar-refractivity contribution in [1.82, 2.24) is 0 Å². The molecular weight excluding hydrogens is 250 g/mol. The van der Waals surface area contributed by atoms with Crippen LogP contribution in [0.25, 0.3) is 0 Å². The number of hydrogen-bond donors (Lipinski definition) is 2. The van der Waals surface area contributed by atoms with Gasteiger partial charge in [0.2, 0.25) is 5.91 Å². The molecule has 0 atom stereocenters. The third kappa shape index (κ3) is 3.31. The van der Waals surface area contributed by atoms with Crippen molar-refractivity contribution >= 4 is 28.8 Å². The van der Waals surface area contributed by atoms with Crippen LogP contribution < -0.4 is 11.1 Å². The van der Waals surface area contributed by atoms with Gasteiger partial charge in [0, 0.05) is 4.88 Å². The van der Waals surface area contributed by atoms with E-state index in [0.29, 0.717) is 10.6 Å². The number of nitrogens with zero attached hydrogens (tertiary/aromatic N) is 1. The third-order valence-corrected chi connectivity index (χ3v) is 3.78. The summed E-state index contributed by atoms with van der Waals surface area (Å²) in [5.74, 6) is -1.03. The molecule has 0 unspecified atom stereocenters. The third-order valence-electron chi connectivity index (χ3n) is 2.21. The first-order valence-electron chi connectivity index (χ1n) is 5.36. The molecule has 1 aromatic rings. The molecule has 0 saturated carbocycles. The summed E-state index contributed by atoms with van der Waals surface area (Å²) < 4.78 is 0. The standard InChI is InChI=1S/C12H15N3O2S/c1-12(2,3)8-6-7(10(18-8)11(14)17)15-9(16)4-5-13/h6H,4H2,1-3H3,(H2,14,17)(H,15,16). The molecule has 0 aliphatic carbocycles. The predicted octanol–water partition coefficient (Wildman–Crippen LogP) is 2.00. The van der Waals surface area contributed by atoms with Gasteiger partial charge in [-0.2, -0.15) is 5.26 Å². The number of carbonyl (C=O) groups excluding carboxylic acids is 2. The van der Waals surface area contributed by atoms with Crippen molar-refractivity contribution in [2.75, 3.05) is 5.32 Å². The fourth-order valence-electron chi connectivity index (χ4n) is 1.30. The Morgan fingerprint density at radius 3 is 2.56 bits per heavy atom. The Kier molecular flexibility index (Phi) is 4.09. The summed E-state index contributed by atoms with van der Waals surface area (Å²) >= 11 is 1.26. The van der Waals surface area contributed by atoms with E-state index in [1.807, 2.05) is 20.8 Å². The van der Waals surface area contributed by atoms with Gasteiger partial charge in [-0.1, -0.05) is 20.8 Å². The molecule has 1 aromatic heterocycles. The van der Waals surface area contributed by atoms with E-state index in [9.17, 15) is 9.59 Å². The molecule has 3 N–H and O–H groups in total. The Balaban J connectivity index is 3.10. The number of hydrogen-bond acceptors (Lipinski definition) is 4. The van der Waals surface area contributed by atoms with Crippen LogP contribution in [0.1, 0.15) is 41.7 Å². The second-order valence-corrected chi connectivity index (χ2v) is 5.90. The van der Waals surface area contributed by atoms with Gasteiger partial charge in [-0.3, -0.25) is 9.59 Å². The molecule has 0 aromatic carbocycles. The van der Waals surface area contributed by atoms with Crippen LogP contribution >= 0.6 is 11.3 Å². The van der Waals surface area contributed by atoms with Gasteiger partial charge in [0.1, 0.15) is 11.3 Å². The van der Waals surface area contributed by atoms with E-state index >= 15 is 0 Å².